The molecule has 0 bridgehead atoms. The predicted molar refractivity (Wildman–Crippen MR) is 60.8 cm³/mol. The van der Waals surface area contributed by atoms with Crippen molar-refractivity contribution in [2.45, 2.75) is 6.92 Å². The molecule has 0 saturated carbocycles. The predicted octanol–water partition coefficient (Wildman–Crippen LogP) is 3.08. The van der Waals surface area contributed by atoms with Crippen LogP contribution in [0.3, 0.4) is 0 Å². The molecule has 0 amide bonds. The lowest BCUT2D eigenvalue weighted by Gasteiger charge is -2.04. The second-order valence-electron chi connectivity index (χ2n) is 3.37. The second kappa shape index (κ2) is 4.57. The highest BCUT2D eigenvalue weighted by molar-refractivity contribution is 5.94. The Labute approximate surface area is 93.7 Å². The molecule has 2 rings (SSSR count). The topological polar surface area (TPSA) is 39.2 Å². The molecule has 0 aliphatic heterocycles. The summed E-state index contributed by atoms with van der Waals surface area (Å²) in [5, 5.41) is 0. The molecule has 0 spiro atoms. The Morgan fingerprint density at radius 1 is 1.12 bits per heavy atom. The Hall–Kier alpha value is -2.16. The number of hydrogen-bond donors (Lipinski definition) is 0. The fourth-order valence-electron chi connectivity index (χ4n) is 1.30. The van der Waals surface area contributed by atoms with E-state index >= 15 is 0 Å². The molecule has 0 fully saturated rings. The third-order valence-corrected chi connectivity index (χ3v) is 2.13. The summed E-state index contributed by atoms with van der Waals surface area (Å²) in [6.07, 6.45) is 3.32. The molecule has 0 atom stereocenters. The summed E-state index contributed by atoms with van der Waals surface area (Å²) in [6, 6.07) is 10.7. The number of rotatable bonds is 3. The van der Waals surface area contributed by atoms with Crippen molar-refractivity contribution in [1.82, 2.24) is 4.98 Å². The van der Waals surface area contributed by atoms with Crippen molar-refractivity contribution >= 4 is 5.78 Å². The number of carbonyl (C=O) groups excluding carboxylic acids is 1. The van der Waals surface area contributed by atoms with Crippen LogP contribution in [0, 0.1) is 0 Å². The van der Waals surface area contributed by atoms with E-state index in [4.69, 9.17) is 4.74 Å². The number of Topliss-reactive ketones (excluding diaryl/α,β-unsaturated/α-hetero) is 1. The first-order chi connectivity index (χ1) is 7.75. The van der Waals surface area contributed by atoms with Crippen LogP contribution in [0.15, 0.2) is 48.8 Å². The van der Waals surface area contributed by atoms with Crippen molar-refractivity contribution in [3.05, 3.63) is 54.4 Å². The van der Waals surface area contributed by atoms with Crippen molar-refractivity contribution in [3.63, 3.8) is 0 Å². The lowest BCUT2D eigenvalue weighted by Crippen LogP contribution is -1.91. The Balaban J connectivity index is 2.14. The molecule has 0 aliphatic carbocycles. The number of pyridine rings is 1. The molecule has 0 unspecified atom stereocenters. The molecular weight excluding hydrogens is 202 g/mol. The Morgan fingerprint density at radius 3 is 2.44 bits per heavy atom. The van der Waals surface area contributed by atoms with E-state index in [1.165, 1.54) is 6.92 Å². The molecule has 0 radical (unpaired) electrons. The molecule has 3 heteroatoms. The summed E-state index contributed by atoms with van der Waals surface area (Å²) in [5.41, 5.74) is 0.679. The van der Waals surface area contributed by atoms with Gasteiger partial charge in [0.15, 0.2) is 5.78 Å². The fourth-order valence-corrected chi connectivity index (χ4v) is 1.30. The summed E-state index contributed by atoms with van der Waals surface area (Å²) in [7, 11) is 0. The highest BCUT2D eigenvalue weighted by Crippen LogP contribution is 2.20. The van der Waals surface area contributed by atoms with E-state index in [1.54, 1.807) is 42.7 Å². The van der Waals surface area contributed by atoms with Crippen LogP contribution in [-0.2, 0) is 0 Å². The number of aromatic nitrogens is 1. The molecule has 3 nitrogen and oxygen atoms in total. The van der Waals surface area contributed by atoms with Crippen LogP contribution in [0.25, 0.3) is 0 Å². The quantitative estimate of drug-likeness (QED) is 0.735. The van der Waals surface area contributed by atoms with Crippen LogP contribution in [0.5, 0.6) is 11.5 Å². The zero-order valence-corrected chi connectivity index (χ0v) is 8.88. The third-order valence-electron chi connectivity index (χ3n) is 2.13. The van der Waals surface area contributed by atoms with E-state index < -0.39 is 0 Å². The first-order valence-corrected chi connectivity index (χ1v) is 4.94. The molecule has 2 aromatic rings. The summed E-state index contributed by atoms with van der Waals surface area (Å²) in [6.45, 7) is 1.54. The average molecular weight is 213 g/mol. The maximum Gasteiger partial charge on any atom is 0.159 e. The number of ketones is 1. The minimum absolute atomic E-state index is 0.0490. The van der Waals surface area contributed by atoms with Crippen molar-refractivity contribution < 1.29 is 9.53 Å². The van der Waals surface area contributed by atoms with Crippen molar-refractivity contribution in [2.75, 3.05) is 0 Å². The number of carbonyl (C=O) groups is 1. The van der Waals surface area contributed by atoms with E-state index in [-0.39, 0.29) is 5.78 Å². The van der Waals surface area contributed by atoms with Gasteiger partial charge in [-0.25, -0.2) is 0 Å². The smallest absolute Gasteiger partial charge is 0.159 e. The minimum Gasteiger partial charge on any atom is -0.456 e. The number of hydrogen-bond acceptors (Lipinski definition) is 3. The lowest BCUT2D eigenvalue weighted by atomic mass is 10.1. The van der Waals surface area contributed by atoms with Gasteiger partial charge in [0, 0.05) is 11.8 Å². The monoisotopic (exact) mass is 213 g/mol. The molecule has 0 saturated heterocycles. The Bertz CT molecular complexity index is 477. The molecule has 1 aromatic carbocycles. The van der Waals surface area contributed by atoms with Crippen molar-refractivity contribution in [1.29, 1.82) is 0 Å². The first-order valence-electron chi connectivity index (χ1n) is 4.94. The zero-order chi connectivity index (χ0) is 11.4. The van der Waals surface area contributed by atoms with E-state index in [9.17, 15) is 4.79 Å². The van der Waals surface area contributed by atoms with Crippen LogP contribution in [0.2, 0.25) is 0 Å². The Kier molecular flexibility index (Phi) is 2.96. The fraction of sp³-hybridized carbons (Fsp3) is 0.0769. The van der Waals surface area contributed by atoms with Gasteiger partial charge in [0.2, 0.25) is 0 Å². The SMILES string of the molecule is CC(=O)c1ccc(Oc2cccnc2)cc1. The van der Waals surface area contributed by atoms with Gasteiger partial charge in [-0.2, -0.15) is 0 Å². The Morgan fingerprint density at radius 2 is 1.88 bits per heavy atom. The van der Waals surface area contributed by atoms with Crippen LogP contribution in [-0.4, -0.2) is 10.8 Å². The summed E-state index contributed by atoms with van der Waals surface area (Å²) < 4.78 is 5.54. The maximum atomic E-state index is 11.1. The number of ether oxygens (including phenoxy) is 1. The van der Waals surface area contributed by atoms with Gasteiger partial charge in [-0.3, -0.25) is 9.78 Å². The first kappa shape index (κ1) is 10.4. The molecule has 80 valence electrons. The van der Waals surface area contributed by atoms with E-state index in [2.05, 4.69) is 4.98 Å². The van der Waals surface area contributed by atoms with Gasteiger partial charge < -0.3 is 4.74 Å². The standard InChI is InChI=1S/C13H11NO2/c1-10(15)11-4-6-12(7-5-11)16-13-3-2-8-14-9-13/h2-9H,1H3. The van der Waals surface area contributed by atoms with E-state index in [1.807, 2.05) is 6.07 Å². The second-order valence-corrected chi connectivity index (χ2v) is 3.37. The maximum absolute atomic E-state index is 11.1. The largest absolute Gasteiger partial charge is 0.456 e. The van der Waals surface area contributed by atoms with Gasteiger partial charge in [-0.05, 0) is 43.3 Å². The molecule has 16 heavy (non-hydrogen) atoms. The van der Waals surface area contributed by atoms with Gasteiger partial charge >= 0.3 is 0 Å². The van der Waals surface area contributed by atoms with Crippen molar-refractivity contribution in [3.8, 4) is 11.5 Å². The van der Waals surface area contributed by atoms with Crippen LogP contribution in [0.4, 0.5) is 0 Å². The zero-order valence-electron chi connectivity index (χ0n) is 8.88. The summed E-state index contributed by atoms with van der Waals surface area (Å²) >= 11 is 0. The molecule has 0 aliphatic rings. The van der Waals surface area contributed by atoms with Crippen LogP contribution in [0.1, 0.15) is 17.3 Å². The van der Waals surface area contributed by atoms with E-state index in [0.29, 0.717) is 17.1 Å². The van der Waals surface area contributed by atoms with Gasteiger partial charge in [-0.15, -0.1) is 0 Å². The lowest BCUT2D eigenvalue weighted by molar-refractivity contribution is 0.101. The summed E-state index contributed by atoms with van der Waals surface area (Å²) in [4.78, 5) is 15.0. The number of nitrogens with zero attached hydrogens (tertiary/aromatic N) is 1. The van der Waals surface area contributed by atoms with E-state index in [0.717, 1.165) is 0 Å². The van der Waals surface area contributed by atoms with Gasteiger partial charge in [0.05, 0.1) is 6.20 Å². The molecular formula is C13H11NO2. The average Bonchev–Trinajstić information content (AvgIpc) is 2.31. The molecule has 1 aromatic heterocycles. The summed E-state index contributed by atoms with van der Waals surface area (Å²) in [5.74, 6) is 1.42. The van der Waals surface area contributed by atoms with Gasteiger partial charge in [0.25, 0.3) is 0 Å². The highest BCUT2D eigenvalue weighted by atomic mass is 16.5. The van der Waals surface area contributed by atoms with Crippen LogP contribution < -0.4 is 4.74 Å². The van der Waals surface area contributed by atoms with Gasteiger partial charge in [-0.1, -0.05) is 0 Å². The molecule has 1 heterocycles. The third kappa shape index (κ3) is 2.45. The highest BCUT2D eigenvalue weighted by Gasteiger charge is 2.00. The number of benzene rings is 1. The van der Waals surface area contributed by atoms with Gasteiger partial charge in [0.1, 0.15) is 11.5 Å². The van der Waals surface area contributed by atoms with Crippen LogP contribution >= 0.6 is 0 Å². The normalized spacial score (nSPS) is 9.81. The van der Waals surface area contributed by atoms with Crippen molar-refractivity contribution in [2.24, 2.45) is 0 Å². The molecule has 0 N–H and O–H groups in total. The minimum atomic E-state index is 0.0490.